The first-order chi connectivity index (χ1) is 14.0. The van der Waals surface area contributed by atoms with Crippen molar-refractivity contribution in [3.63, 3.8) is 0 Å². The van der Waals surface area contributed by atoms with Crippen LogP contribution in [0.25, 0.3) is 33.4 Å². The SMILES string of the molecule is CN(C)C=Nc1c(=O)oc(-c2ccccc2)c2c(=O)oc(-c3ccccc3)cc12. The molecule has 0 aliphatic rings. The van der Waals surface area contributed by atoms with E-state index in [4.69, 9.17) is 8.83 Å². The molecule has 29 heavy (non-hydrogen) atoms. The van der Waals surface area contributed by atoms with E-state index >= 15 is 0 Å². The Hall–Kier alpha value is -3.93. The van der Waals surface area contributed by atoms with Crippen molar-refractivity contribution in [2.45, 2.75) is 0 Å². The Kier molecular flexibility index (Phi) is 4.83. The number of benzene rings is 2. The maximum Gasteiger partial charge on any atom is 0.363 e. The number of hydrogen-bond acceptors (Lipinski definition) is 5. The van der Waals surface area contributed by atoms with Gasteiger partial charge in [-0.2, -0.15) is 0 Å². The summed E-state index contributed by atoms with van der Waals surface area (Å²) in [7, 11) is 3.57. The molecular formula is C23H18N2O4. The van der Waals surface area contributed by atoms with E-state index in [0.717, 1.165) is 5.56 Å². The van der Waals surface area contributed by atoms with Gasteiger partial charge in [-0.15, -0.1) is 0 Å². The van der Waals surface area contributed by atoms with Crippen LogP contribution in [0.15, 0.2) is 90.1 Å². The lowest BCUT2D eigenvalue weighted by Gasteiger charge is -2.09. The smallest absolute Gasteiger partial charge is 0.363 e. The number of nitrogens with zero attached hydrogens (tertiary/aromatic N) is 2. The van der Waals surface area contributed by atoms with Crippen LogP contribution in [-0.4, -0.2) is 25.3 Å². The number of fused-ring (bicyclic) bond motifs is 1. The molecule has 0 bridgehead atoms. The van der Waals surface area contributed by atoms with Gasteiger partial charge in [0.1, 0.15) is 11.1 Å². The first-order valence-corrected chi connectivity index (χ1v) is 9.01. The van der Waals surface area contributed by atoms with Crippen molar-refractivity contribution in [1.29, 1.82) is 0 Å². The molecule has 2 aromatic heterocycles. The van der Waals surface area contributed by atoms with Crippen LogP contribution >= 0.6 is 0 Å². The first-order valence-electron chi connectivity index (χ1n) is 9.01. The van der Waals surface area contributed by atoms with Gasteiger partial charge in [-0.1, -0.05) is 60.7 Å². The topological polar surface area (TPSA) is 76.0 Å². The Labute approximate surface area is 166 Å². The normalized spacial score (nSPS) is 11.2. The zero-order chi connectivity index (χ0) is 20.4. The standard InChI is InChI=1S/C23H18N2O4/c1-25(2)14-24-20-17-13-18(15-9-5-3-6-10-15)28-22(26)19(17)21(29-23(20)27)16-11-7-4-8-12-16/h3-14H,1-2H3. The van der Waals surface area contributed by atoms with Crippen LogP contribution in [0.5, 0.6) is 0 Å². The number of aliphatic imine (C=N–C) groups is 1. The highest BCUT2D eigenvalue weighted by Gasteiger charge is 2.20. The summed E-state index contributed by atoms with van der Waals surface area (Å²) in [6.45, 7) is 0. The second kappa shape index (κ2) is 7.59. The summed E-state index contributed by atoms with van der Waals surface area (Å²) in [4.78, 5) is 31.7. The van der Waals surface area contributed by atoms with Crippen molar-refractivity contribution in [2.24, 2.45) is 4.99 Å². The molecule has 0 N–H and O–H groups in total. The van der Waals surface area contributed by atoms with Gasteiger partial charge in [0.05, 0.1) is 6.34 Å². The summed E-state index contributed by atoms with van der Waals surface area (Å²) in [6, 6.07) is 19.9. The third-order valence-electron chi connectivity index (χ3n) is 4.33. The van der Waals surface area contributed by atoms with E-state index in [9.17, 15) is 9.59 Å². The molecule has 0 fully saturated rings. The molecule has 0 saturated carbocycles. The molecule has 0 amide bonds. The zero-order valence-electron chi connectivity index (χ0n) is 16.0. The lowest BCUT2D eigenvalue weighted by atomic mass is 10.0. The van der Waals surface area contributed by atoms with E-state index in [2.05, 4.69) is 4.99 Å². The quantitative estimate of drug-likeness (QED) is 0.386. The highest BCUT2D eigenvalue weighted by molar-refractivity contribution is 6.00. The van der Waals surface area contributed by atoms with Crippen LogP contribution < -0.4 is 11.3 Å². The van der Waals surface area contributed by atoms with Crippen molar-refractivity contribution < 1.29 is 8.83 Å². The molecule has 6 heteroatoms. The van der Waals surface area contributed by atoms with Crippen molar-refractivity contribution in [2.75, 3.05) is 14.1 Å². The second-order valence-corrected chi connectivity index (χ2v) is 6.69. The molecule has 4 aromatic rings. The summed E-state index contributed by atoms with van der Waals surface area (Å²) >= 11 is 0. The van der Waals surface area contributed by atoms with Crippen LogP contribution in [0.3, 0.4) is 0 Å². The largest absolute Gasteiger partial charge is 0.422 e. The van der Waals surface area contributed by atoms with Gasteiger partial charge in [-0.25, -0.2) is 14.6 Å². The Morgan fingerprint density at radius 1 is 0.828 bits per heavy atom. The van der Waals surface area contributed by atoms with E-state index < -0.39 is 11.3 Å². The van der Waals surface area contributed by atoms with Gasteiger partial charge >= 0.3 is 11.3 Å². The van der Waals surface area contributed by atoms with Crippen LogP contribution in [0.1, 0.15) is 0 Å². The fourth-order valence-electron chi connectivity index (χ4n) is 3.03. The van der Waals surface area contributed by atoms with Crippen molar-refractivity contribution in [3.05, 3.63) is 87.6 Å². The number of hydrogen-bond donors (Lipinski definition) is 0. The minimum absolute atomic E-state index is 0.0541. The molecule has 144 valence electrons. The molecule has 0 atom stereocenters. The van der Waals surface area contributed by atoms with Crippen molar-refractivity contribution >= 4 is 22.8 Å². The minimum Gasteiger partial charge on any atom is -0.422 e. The average molecular weight is 386 g/mol. The Balaban J connectivity index is 2.10. The third-order valence-corrected chi connectivity index (χ3v) is 4.33. The molecule has 0 unspecified atom stereocenters. The molecule has 6 nitrogen and oxygen atoms in total. The summed E-state index contributed by atoms with van der Waals surface area (Å²) in [5.74, 6) is 0.525. The van der Waals surface area contributed by atoms with Gasteiger partial charge in [0.2, 0.25) is 0 Å². The maximum absolute atomic E-state index is 13.0. The van der Waals surface area contributed by atoms with Crippen LogP contribution in [0.2, 0.25) is 0 Å². The molecule has 2 heterocycles. The Morgan fingerprint density at radius 2 is 1.45 bits per heavy atom. The van der Waals surface area contributed by atoms with Gasteiger partial charge in [-0.3, -0.25) is 0 Å². The second-order valence-electron chi connectivity index (χ2n) is 6.69. The van der Waals surface area contributed by atoms with Crippen molar-refractivity contribution in [3.8, 4) is 22.6 Å². The predicted octanol–water partition coefficient (Wildman–Crippen LogP) is 4.30. The summed E-state index contributed by atoms with van der Waals surface area (Å²) in [5, 5.41) is 0.565. The van der Waals surface area contributed by atoms with E-state index in [0.29, 0.717) is 16.7 Å². The zero-order valence-corrected chi connectivity index (χ0v) is 16.0. The van der Waals surface area contributed by atoms with E-state index in [1.807, 2.05) is 36.4 Å². The summed E-state index contributed by atoms with van der Waals surface area (Å²) in [6.07, 6.45) is 1.49. The molecule has 4 rings (SSSR count). The monoisotopic (exact) mass is 386 g/mol. The fourth-order valence-corrected chi connectivity index (χ4v) is 3.03. The average Bonchev–Trinajstić information content (AvgIpc) is 2.73. The lowest BCUT2D eigenvalue weighted by Crippen LogP contribution is -2.11. The van der Waals surface area contributed by atoms with Gasteiger partial charge in [-0.05, 0) is 6.07 Å². The molecule has 0 radical (unpaired) electrons. The highest BCUT2D eigenvalue weighted by Crippen LogP contribution is 2.32. The van der Waals surface area contributed by atoms with Gasteiger partial charge in [0.15, 0.2) is 11.4 Å². The molecule has 0 aliphatic heterocycles. The van der Waals surface area contributed by atoms with E-state index in [1.165, 1.54) is 6.34 Å². The molecule has 2 aromatic carbocycles. The van der Waals surface area contributed by atoms with Crippen LogP contribution in [-0.2, 0) is 0 Å². The predicted molar refractivity (Wildman–Crippen MR) is 114 cm³/mol. The van der Waals surface area contributed by atoms with Crippen molar-refractivity contribution in [1.82, 2.24) is 4.90 Å². The van der Waals surface area contributed by atoms with Gasteiger partial charge < -0.3 is 13.7 Å². The van der Waals surface area contributed by atoms with E-state index in [1.54, 1.807) is 49.3 Å². The fraction of sp³-hybridized carbons (Fsp3) is 0.0870. The van der Waals surface area contributed by atoms with Crippen LogP contribution in [0.4, 0.5) is 5.69 Å². The molecule has 0 spiro atoms. The lowest BCUT2D eigenvalue weighted by molar-refractivity contribution is 0.516. The van der Waals surface area contributed by atoms with E-state index in [-0.39, 0.29) is 16.8 Å². The minimum atomic E-state index is -0.626. The maximum atomic E-state index is 13.0. The molecular weight excluding hydrogens is 368 g/mol. The Bertz CT molecular complexity index is 1300. The molecule has 0 saturated heterocycles. The van der Waals surface area contributed by atoms with Gasteiger partial charge in [0, 0.05) is 30.6 Å². The Morgan fingerprint density at radius 3 is 2.07 bits per heavy atom. The highest BCUT2D eigenvalue weighted by atomic mass is 16.4. The van der Waals surface area contributed by atoms with Gasteiger partial charge in [0.25, 0.3) is 0 Å². The number of rotatable bonds is 4. The third kappa shape index (κ3) is 3.60. The first kappa shape index (κ1) is 18.4. The van der Waals surface area contributed by atoms with Crippen LogP contribution in [0, 0.1) is 0 Å². The summed E-state index contributed by atoms with van der Waals surface area (Å²) < 4.78 is 11.1. The summed E-state index contributed by atoms with van der Waals surface area (Å²) in [5.41, 5.74) is 0.170. The molecule has 0 aliphatic carbocycles.